The Bertz CT molecular complexity index is 273. The van der Waals surface area contributed by atoms with Gasteiger partial charge >= 0.3 is 0 Å². The fourth-order valence-corrected chi connectivity index (χ4v) is 3.12. The minimum absolute atomic E-state index is 0.0901. The fraction of sp³-hybridized carbons (Fsp3) is 0.923. The van der Waals surface area contributed by atoms with Crippen LogP contribution in [0.2, 0.25) is 0 Å². The molecule has 2 aliphatic carbocycles. The SMILES string of the molecule is CCC1CCC(NC(=O)C2(N)CCC2)C1C. The van der Waals surface area contributed by atoms with E-state index < -0.39 is 5.54 Å². The molecule has 0 heterocycles. The van der Waals surface area contributed by atoms with E-state index in [9.17, 15) is 4.79 Å². The lowest BCUT2D eigenvalue weighted by Crippen LogP contribution is -2.60. The van der Waals surface area contributed by atoms with Crippen LogP contribution in [0.1, 0.15) is 52.4 Å². The van der Waals surface area contributed by atoms with Crippen molar-refractivity contribution in [2.75, 3.05) is 0 Å². The van der Waals surface area contributed by atoms with Gasteiger partial charge in [-0.15, -0.1) is 0 Å². The smallest absolute Gasteiger partial charge is 0.240 e. The van der Waals surface area contributed by atoms with Crippen LogP contribution in [0, 0.1) is 11.8 Å². The van der Waals surface area contributed by atoms with E-state index in [-0.39, 0.29) is 5.91 Å². The summed E-state index contributed by atoms with van der Waals surface area (Å²) in [4.78, 5) is 12.0. The quantitative estimate of drug-likeness (QED) is 0.768. The van der Waals surface area contributed by atoms with Crippen molar-refractivity contribution in [1.29, 1.82) is 0 Å². The van der Waals surface area contributed by atoms with Crippen LogP contribution >= 0.6 is 0 Å². The third-order valence-corrected chi connectivity index (χ3v) is 4.77. The Labute approximate surface area is 98.2 Å². The summed E-state index contributed by atoms with van der Waals surface area (Å²) in [5, 5.41) is 3.17. The number of nitrogens with two attached hydrogens (primary N) is 1. The van der Waals surface area contributed by atoms with Gasteiger partial charge in [-0.1, -0.05) is 20.3 Å². The summed E-state index contributed by atoms with van der Waals surface area (Å²) in [6.45, 7) is 4.50. The van der Waals surface area contributed by atoms with Crippen LogP contribution in [0.15, 0.2) is 0 Å². The van der Waals surface area contributed by atoms with Gasteiger partial charge in [-0.05, 0) is 43.9 Å². The molecule has 0 radical (unpaired) electrons. The van der Waals surface area contributed by atoms with Gasteiger partial charge in [0.1, 0.15) is 0 Å². The normalized spacial score (nSPS) is 36.8. The number of rotatable bonds is 3. The summed E-state index contributed by atoms with van der Waals surface area (Å²) in [6.07, 6.45) is 6.42. The second kappa shape index (κ2) is 4.36. The highest BCUT2D eigenvalue weighted by molar-refractivity contribution is 5.87. The molecule has 92 valence electrons. The Kier molecular flexibility index (Phi) is 3.24. The number of hydrogen-bond donors (Lipinski definition) is 2. The number of nitrogens with one attached hydrogen (secondary N) is 1. The van der Waals surface area contributed by atoms with Crippen molar-refractivity contribution in [2.24, 2.45) is 17.6 Å². The lowest BCUT2D eigenvalue weighted by atomic mass is 9.76. The molecule has 0 bridgehead atoms. The molecule has 2 fully saturated rings. The van der Waals surface area contributed by atoms with E-state index in [2.05, 4.69) is 19.2 Å². The van der Waals surface area contributed by atoms with Crippen molar-refractivity contribution in [2.45, 2.75) is 64.0 Å². The highest BCUT2D eigenvalue weighted by Crippen LogP contribution is 2.35. The lowest BCUT2D eigenvalue weighted by Gasteiger charge is -2.37. The fourth-order valence-electron chi connectivity index (χ4n) is 3.12. The molecule has 3 nitrogen and oxygen atoms in total. The molecule has 2 saturated carbocycles. The summed E-state index contributed by atoms with van der Waals surface area (Å²) in [6, 6.07) is 0.360. The lowest BCUT2D eigenvalue weighted by molar-refractivity contribution is -0.130. The molecular formula is C13H24N2O. The molecule has 2 aliphatic rings. The first kappa shape index (κ1) is 11.9. The molecule has 3 heteroatoms. The molecule has 3 N–H and O–H groups in total. The third kappa shape index (κ3) is 1.97. The van der Waals surface area contributed by atoms with Gasteiger partial charge in [-0.2, -0.15) is 0 Å². The van der Waals surface area contributed by atoms with Gasteiger partial charge in [0.15, 0.2) is 0 Å². The van der Waals surface area contributed by atoms with Crippen LogP contribution < -0.4 is 11.1 Å². The Balaban J connectivity index is 1.88. The summed E-state index contributed by atoms with van der Waals surface area (Å²) < 4.78 is 0. The second-order valence-electron chi connectivity index (χ2n) is 5.69. The zero-order chi connectivity index (χ0) is 11.8. The molecule has 0 aromatic carbocycles. The van der Waals surface area contributed by atoms with E-state index in [4.69, 9.17) is 5.73 Å². The van der Waals surface area contributed by atoms with Gasteiger partial charge in [-0.3, -0.25) is 4.79 Å². The molecule has 1 amide bonds. The monoisotopic (exact) mass is 224 g/mol. The molecule has 0 aliphatic heterocycles. The molecular weight excluding hydrogens is 200 g/mol. The van der Waals surface area contributed by atoms with Gasteiger partial charge in [0.05, 0.1) is 5.54 Å². The Morgan fingerprint density at radius 2 is 2.12 bits per heavy atom. The van der Waals surface area contributed by atoms with Crippen LogP contribution in [0.3, 0.4) is 0 Å². The number of carbonyl (C=O) groups excluding carboxylic acids is 1. The van der Waals surface area contributed by atoms with Gasteiger partial charge in [0.2, 0.25) is 5.91 Å². The molecule has 3 atom stereocenters. The Morgan fingerprint density at radius 1 is 1.44 bits per heavy atom. The summed E-state index contributed by atoms with van der Waals surface area (Å²) in [5.41, 5.74) is 5.49. The molecule has 0 saturated heterocycles. The van der Waals surface area contributed by atoms with Crippen LogP contribution in [0.25, 0.3) is 0 Å². The van der Waals surface area contributed by atoms with E-state index >= 15 is 0 Å². The second-order valence-corrected chi connectivity index (χ2v) is 5.69. The highest BCUT2D eigenvalue weighted by atomic mass is 16.2. The van der Waals surface area contributed by atoms with Crippen molar-refractivity contribution >= 4 is 5.91 Å². The van der Waals surface area contributed by atoms with E-state index in [0.29, 0.717) is 12.0 Å². The molecule has 0 aromatic rings. The molecule has 0 aromatic heterocycles. The third-order valence-electron chi connectivity index (χ3n) is 4.77. The Morgan fingerprint density at radius 3 is 2.56 bits per heavy atom. The van der Waals surface area contributed by atoms with Crippen LogP contribution in [-0.2, 0) is 4.79 Å². The first-order valence-corrected chi connectivity index (χ1v) is 6.66. The zero-order valence-corrected chi connectivity index (χ0v) is 10.5. The van der Waals surface area contributed by atoms with Crippen molar-refractivity contribution < 1.29 is 4.79 Å². The predicted octanol–water partition coefficient (Wildman–Crippen LogP) is 1.81. The largest absolute Gasteiger partial charge is 0.351 e. The molecule has 2 rings (SSSR count). The van der Waals surface area contributed by atoms with E-state index in [1.165, 1.54) is 12.8 Å². The average molecular weight is 224 g/mol. The average Bonchev–Trinajstić information content (AvgIpc) is 2.56. The number of hydrogen-bond acceptors (Lipinski definition) is 2. The first-order valence-electron chi connectivity index (χ1n) is 6.66. The van der Waals surface area contributed by atoms with Crippen molar-refractivity contribution in [3.8, 4) is 0 Å². The summed E-state index contributed by atoms with van der Waals surface area (Å²) in [7, 11) is 0. The zero-order valence-electron chi connectivity index (χ0n) is 10.5. The minimum atomic E-state index is -0.538. The van der Waals surface area contributed by atoms with Gasteiger partial charge < -0.3 is 11.1 Å². The molecule has 0 spiro atoms. The summed E-state index contributed by atoms with van der Waals surface area (Å²) in [5.74, 6) is 1.48. The maximum atomic E-state index is 12.0. The topological polar surface area (TPSA) is 55.1 Å². The van der Waals surface area contributed by atoms with E-state index in [1.54, 1.807) is 0 Å². The van der Waals surface area contributed by atoms with E-state index in [0.717, 1.165) is 31.6 Å². The van der Waals surface area contributed by atoms with Gasteiger partial charge in [0.25, 0.3) is 0 Å². The predicted molar refractivity (Wildman–Crippen MR) is 64.9 cm³/mol. The summed E-state index contributed by atoms with van der Waals surface area (Å²) >= 11 is 0. The Hall–Kier alpha value is -0.570. The number of carbonyl (C=O) groups is 1. The van der Waals surface area contributed by atoms with Crippen LogP contribution in [0.4, 0.5) is 0 Å². The molecule has 16 heavy (non-hydrogen) atoms. The van der Waals surface area contributed by atoms with Gasteiger partial charge in [-0.25, -0.2) is 0 Å². The maximum absolute atomic E-state index is 12.0. The van der Waals surface area contributed by atoms with Crippen LogP contribution in [-0.4, -0.2) is 17.5 Å². The maximum Gasteiger partial charge on any atom is 0.240 e. The van der Waals surface area contributed by atoms with Crippen molar-refractivity contribution in [1.82, 2.24) is 5.32 Å². The van der Waals surface area contributed by atoms with Crippen molar-refractivity contribution in [3.63, 3.8) is 0 Å². The number of amides is 1. The van der Waals surface area contributed by atoms with Gasteiger partial charge in [0, 0.05) is 6.04 Å². The first-order chi connectivity index (χ1) is 7.57. The van der Waals surface area contributed by atoms with Crippen LogP contribution in [0.5, 0.6) is 0 Å². The minimum Gasteiger partial charge on any atom is -0.351 e. The molecule has 3 unspecified atom stereocenters. The van der Waals surface area contributed by atoms with E-state index in [1.807, 2.05) is 0 Å². The standard InChI is InChI=1S/C13H24N2O/c1-3-10-5-6-11(9(10)2)15-12(16)13(14)7-4-8-13/h9-11H,3-8,14H2,1-2H3,(H,15,16). The van der Waals surface area contributed by atoms with Crippen molar-refractivity contribution in [3.05, 3.63) is 0 Å². The highest BCUT2D eigenvalue weighted by Gasteiger charge is 2.42.